The molecule has 0 atom stereocenters. The second kappa shape index (κ2) is 6.76. The molecule has 5 nitrogen and oxygen atoms in total. The Bertz CT molecular complexity index is 557. The normalized spacial score (nSPS) is 15.3. The average molecular weight is 315 g/mol. The molecule has 0 aromatic carbocycles. The molecular weight excluding hydrogens is 294 g/mol. The van der Waals surface area contributed by atoms with Crippen LogP contribution in [0.3, 0.4) is 0 Å². The third-order valence-electron chi connectivity index (χ3n) is 2.92. The van der Waals surface area contributed by atoms with Gasteiger partial charge in [-0.3, -0.25) is 0 Å². The van der Waals surface area contributed by atoms with Crippen molar-refractivity contribution in [1.82, 2.24) is 9.97 Å². The molecule has 0 saturated heterocycles. The predicted molar refractivity (Wildman–Crippen MR) is 83.2 cm³/mol. The van der Waals surface area contributed by atoms with Crippen LogP contribution < -0.4 is 5.32 Å². The van der Waals surface area contributed by atoms with Crippen LogP contribution in [0.25, 0.3) is 0 Å². The zero-order chi connectivity index (χ0) is 14.6. The fourth-order valence-corrected chi connectivity index (χ4v) is 3.79. The van der Waals surface area contributed by atoms with Crippen LogP contribution in [0.15, 0.2) is 11.1 Å². The zero-order valence-corrected chi connectivity index (χ0v) is 13.6. The zero-order valence-electron chi connectivity index (χ0n) is 11.9. The number of nitrogens with one attached hydrogen (secondary N) is 1. The van der Waals surface area contributed by atoms with Crippen LogP contribution in [0, 0.1) is 0 Å². The number of thioether (sulfide) groups is 1. The number of sulfone groups is 1. The van der Waals surface area contributed by atoms with Gasteiger partial charge in [-0.05, 0) is 19.3 Å². The highest BCUT2D eigenvalue weighted by Crippen LogP contribution is 2.39. The van der Waals surface area contributed by atoms with Crippen LogP contribution >= 0.6 is 11.8 Å². The molecule has 1 saturated carbocycles. The van der Waals surface area contributed by atoms with E-state index in [-0.39, 0.29) is 5.75 Å². The maximum atomic E-state index is 11.2. The van der Waals surface area contributed by atoms with Crippen LogP contribution in [0.5, 0.6) is 0 Å². The topological polar surface area (TPSA) is 72.0 Å². The summed E-state index contributed by atoms with van der Waals surface area (Å²) in [6.45, 7) is 2.99. The Hall–Kier alpha value is -0.820. The minimum absolute atomic E-state index is 0.179. The van der Waals surface area contributed by atoms with Crippen molar-refractivity contribution in [3.8, 4) is 0 Å². The predicted octanol–water partition coefficient (Wildman–Crippen LogP) is 2.31. The van der Waals surface area contributed by atoms with Gasteiger partial charge in [-0.25, -0.2) is 18.4 Å². The molecule has 0 unspecified atom stereocenters. The maximum Gasteiger partial charge on any atom is 0.148 e. The standard InChI is InChI=1S/C13H21N3O2S2/c1-3-6-14-11-9-12(19-7-8-20(2,17)18)16-13(15-11)10-4-5-10/h9-10H,3-8H2,1-2H3,(H,14,15,16). The van der Waals surface area contributed by atoms with Crippen LogP contribution in [-0.2, 0) is 9.84 Å². The first-order valence-electron chi connectivity index (χ1n) is 6.91. The molecule has 1 aromatic heterocycles. The lowest BCUT2D eigenvalue weighted by molar-refractivity contribution is 0.603. The first-order valence-corrected chi connectivity index (χ1v) is 9.96. The Morgan fingerprint density at radius 1 is 1.40 bits per heavy atom. The number of nitrogens with zero attached hydrogens (tertiary/aromatic N) is 2. The van der Waals surface area contributed by atoms with Crippen molar-refractivity contribution < 1.29 is 8.42 Å². The molecule has 0 bridgehead atoms. The molecule has 1 fully saturated rings. The van der Waals surface area contributed by atoms with Crippen LogP contribution in [0.4, 0.5) is 5.82 Å². The molecule has 7 heteroatoms. The van der Waals surface area contributed by atoms with E-state index in [4.69, 9.17) is 0 Å². The second-order valence-electron chi connectivity index (χ2n) is 5.13. The van der Waals surface area contributed by atoms with Gasteiger partial charge in [0.05, 0.1) is 5.75 Å². The quantitative estimate of drug-likeness (QED) is 0.586. The first-order chi connectivity index (χ1) is 9.48. The molecule has 112 valence electrons. The molecule has 0 amide bonds. The van der Waals surface area contributed by atoms with E-state index in [0.29, 0.717) is 11.7 Å². The van der Waals surface area contributed by atoms with Crippen molar-refractivity contribution in [3.63, 3.8) is 0 Å². The SMILES string of the molecule is CCCNc1cc(SCCS(C)(=O)=O)nc(C2CC2)n1. The molecule has 0 aliphatic heterocycles. The van der Waals surface area contributed by atoms with Gasteiger partial charge >= 0.3 is 0 Å². The average Bonchev–Trinajstić information content (AvgIpc) is 3.19. The molecule has 1 N–H and O–H groups in total. The molecule has 1 heterocycles. The van der Waals surface area contributed by atoms with E-state index in [1.54, 1.807) is 0 Å². The van der Waals surface area contributed by atoms with Gasteiger partial charge in [-0.1, -0.05) is 6.92 Å². The fraction of sp³-hybridized carbons (Fsp3) is 0.692. The van der Waals surface area contributed by atoms with Crippen molar-refractivity contribution in [2.45, 2.75) is 37.1 Å². The van der Waals surface area contributed by atoms with E-state index in [1.807, 2.05) is 6.07 Å². The minimum atomic E-state index is -2.91. The number of rotatable bonds is 8. The largest absolute Gasteiger partial charge is 0.370 e. The lowest BCUT2D eigenvalue weighted by Gasteiger charge is -2.08. The van der Waals surface area contributed by atoms with Crippen molar-refractivity contribution in [2.75, 3.05) is 29.6 Å². The van der Waals surface area contributed by atoms with Crippen LogP contribution in [0.1, 0.15) is 37.9 Å². The molecular formula is C13H21N3O2S2. The second-order valence-corrected chi connectivity index (χ2v) is 8.50. The lowest BCUT2D eigenvalue weighted by atomic mass is 10.4. The highest BCUT2D eigenvalue weighted by molar-refractivity contribution is 8.00. The summed E-state index contributed by atoms with van der Waals surface area (Å²) in [4.78, 5) is 9.08. The molecule has 2 rings (SSSR count). The summed E-state index contributed by atoms with van der Waals surface area (Å²) < 4.78 is 22.3. The van der Waals surface area contributed by atoms with Gasteiger partial charge in [0.15, 0.2) is 0 Å². The Morgan fingerprint density at radius 2 is 2.15 bits per heavy atom. The van der Waals surface area contributed by atoms with Gasteiger partial charge in [0.1, 0.15) is 26.5 Å². The summed E-state index contributed by atoms with van der Waals surface area (Å²) in [5, 5.41) is 4.15. The Balaban J connectivity index is 2.04. The van der Waals surface area contributed by atoms with Crippen LogP contribution in [0.2, 0.25) is 0 Å². The maximum absolute atomic E-state index is 11.2. The molecule has 0 spiro atoms. The molecule has 0 radical (unpaired) electrons. The van der Waals surface area contributed by atoms with Gasteiger partial charge in [0, 0.05) is 30.5 Å². The monoisotopic (exact) mass is 315 g/mol. The van der Waals surface area contributed by atoms with Crippen LogP contribution in [-0.4, -0.2) is 42.7 Å². The van der Waals surface area contributed by atoms with Crippen molar-refractivity contribution >= 4 is 27.4 Å². The third-order valence-corrected chi connectivity index (χ3v) is 5.04. The Kier molecular flexibility index (Phi) is 5.26. The van der Waals surface area contributed by atoms with Gasteiger partial charge in [-0.2, -0.15) is 0 Å². The molecule has 1 aromatic rings. The molecule has 1 aliphatic carbocycles. The Morgan fingerprint density at radius 3 is 2.75 bits per heavy atom. The van der Waals surface area contributed by atoms with Gasteiger partial charge in [0.25, 0.3) is 0 Å². The van der Waals surface area contributed by atoms with Crippen molar-refractivity contribution in [2.24, 2.45) is 0 Å². The number of anilines is 1. The summed E-state index contributed by atoms with van der Waals surface area (Å²) >= 11 is 1.48. The number of aromatic nitrogens is 2. The smallest absolute Gasteiger partial charge is 0.148 e. The van der Waals surface area contributed by atoms with E-state index >= 15 is 0 Å². The fourth-order valence-electron chi connectivity index (χ4n) is 1.68. The van der Waals surface area contributed by atoms with E-state index in [9.17, 15) is 8.42 Å². The summed E-state index contributed by atoms with van der Waals surface area (Å²) in [7, 11) is -2.91. The summed E-state index contributed by atoms with van der Waals surface area (Å²) in [5.74, 6) is 2.96. The minimum Gasteiger partial charge on any atom is -0.370 e. The van der Waals surface area contributed by atoms with Gasteiger partial charge in [0.2, 0.25) is 0 Å². The molecule has 20 heavy (non-hydrogen) atoms. The van der Waals surface area contributed by atoms with E-state index in [0.717, 1.165) is 42.5 Å². The van der Waals surface area contributed by atoms with E-state index < -0.39 is 9.84 Å². The Labute approximate surface area is 124 Å². The first kappa shape index (κ1) is 15.6. The van der Waals surface area contributed by atoms with Crippen molar-refractivity contribution in [3.05, 3.63) is 11.9 Å². The molecule has 1 aliphatic rings. The highest BCUT2D eigenvalue weighted by atomic mass is 32.2. The van der Waals surface area contributed by atoms with E-state index in [1.165, 1.54) is 18.0 Å². The summed E-state index contributed by atoms with van der Waals surface area (Å²) in [5.41, 5.74) is 0. The van der Waals surface area contributed by atoms with Gasteiger partial charge in [-0.15, -0.1) is 11.8 Å². The third kappa shape index (κ3) is 5.28. The van der Waals surface area contributed by atoms with E-state index in [2.05, 4.69) is 22.2 Å². The highest BCUT2D eigenvalue weighted by Gasteiger charge is 2.27. The number of hydrogen-bond donors (Lipinski definition) is 1. The lowest BCUT2D eigenvalue weighted by Crippen LogP contribution is -2.07. The summed E-state index contributed by atoms with van der Waals surface area (Å²) in [6.07, 6.45) is 4.62. The number of hydrogen-bond acceptors (Lipinski definition) is 6. The van der Waals surface area contributed by atoms with Gasteiger partial charge < -0.3 is 5.32 Å². The summed E-state index contributed by atoms with van der Waals surface area (Å²) in [6, 6.07) is 1.91. The van der Waals surface area contributed by atoms with Crippen molar-refractivity contribution in [1.29, 1.82) is 0 Å².